The zero-order valence-corrected chi connectivity index (χ0v) is 10.8. The Balaban J connectivity index is 2.06. The van der Waals surface area contributed by atoms with Crippen molar-refractivity contribution in [3.05, 3.63) is 18.2 Å². The van der Waals surface area contributed by atoms with E-state index in [1.807, 2.05) is 12.5 Å². The van der Waals surface area contributed by atoms with Gasteiger partial charge in [-0.05, 0) is 11.3 Å². The molecule has 90 valence electrons. The highest BCUT2D eigenvalue weighted by molar-refractivity contribution is 5.11. The van der Waals surface area contributed by atoms with Gasteiger partial charge >= 0.3 is 0 Å². The molecule has 0 saturated carbocycles. The zero-order chi connectivity index (χ0) is 11.8. The van der Waals surface area contributed by atoms with Crippen LogP contribution < -0.4 is 5.32 Å². The van der Waals surface area contributed by atoms with Crippen LogP contribution in [0.1, 0.15) is 39.3 Å². The van der Waals surface area contributed by atoms with Gasteiger partial charge in [-0.2, -0.15) is 0 Å². The third-order valence-corrected chi connectivity index (χ3v) is 3.89. The first-order chi connectivity index (χ1) is 7.48. The second-order valence-electron chi connectivity index (χ2n) is 6.09. The zero-order valence-electron chi connectivity index (χ0n) is 10.8. The molecule has 1 aliphatic heterocycles. The predicted octanol–water partition coefficient (Wildman–Crippen LogP) is 2.25. The molecule has 0 amide bonds. The number of imidazole rings is 1. The third-order valence-electron chi connectivity index (χ3n) is 3.89. The van der Waals surface area contributed by atoms with Crippen molar-refractivity contribution >= 4 is 0 Å². The molecule has 1 saturated heterocycles. The largest absolute Gasteiger partial charge is 0.334 e. The molecule has 0 aromatic carbocycles. The summed E-state index contributed by atoms with van der Waals surface area (Å²) in [6.07, 6.45) is 4.01. The minimum absolute atomic E-state index is 0.361. The molecule has 0 aliphatic carbocycles. The summed E-state index contributed by atoms with van der Waals surface area (Å²) in [4.78, 5) is 4.30. The minimum Gasteiger partial charge on any atom is -0.334 e. The quantitative estimate of drug-likeness (QED) is 0.848. The molecule has 0 bridgehead atoms. The standard InChI is InChI=1S/C13H23N3/c1-10(13(2,3)4)8-16-9-15-7-12(16)11-5-14-6-11/h7,9-11,14H,5-6,8H2,1-4H3. The van der Waals surface area contributed by atoms with Crippen LogP contribution in [0.3, 0.4) is 0 Å². The summed E-state index contributed by atoms with van der Waals surface area (Å²) < 4.78 is 2.33. The highest BCUT2D eigenvalue weighted by atomic mass is 15.1. The van der Waals surface area contributed by atoms with Gasteiger partial charge in [0.15, 0.2) is 0 Å². The topological polar surface area (TPSA) is 29.9 Å². The fourth-order valence-electron chi connectivity index (χ4n) is 1.89. The van der Waals surface area contributed by atoms with Crippen LogP contribution in [0, 0.1) is 11.3 Å². The van der Waals surface area contributed by atoms with E-state index in [2.05, 4.69) is 42.6 Å². The van der Waals surface area contributed by atoms with Gasteiger partial charge in [0.1, 0.15) is 0 Å². The van der Waals surface area contributed by atoms with Crippen molar-refractivity contribution in [3.8, 4) is 0 Å². The van der Waals surface area contributed by atoms with Gasteiger partial charge in [0, 0.05) is 37.4 Å². The number of hydrogen-bond donors (Lipinski definition) is 1. The monoisotopic (exact) mass is 221 g/mol. The predicted molar refractivity (Wildman–Crippen MR) is 66.5 cm³/mol. The van der Waals surface area contributed by atoms with Crippen molar-refractivity contribution in [2.75, 3.05) is 13.1 Å². The van der Waals surface area contributed by atoms with Gasteiger partial charge in [-0.25, -0.2) is 4.98 Å². The van der Waals surface area contributed by atoms with E-state index in [4.69, 9.17) is 0 Å². The van der Waals surface area contributed by atoms with Crippen LogP contribution in [0.5, 0.6) is 0 Å². The number of rotatable bonds is 3. The summed E-state index contributed by atoms with van der Waals surface area (Å²) in [5, 5.41) is 3.32. The molecule has 1 fully saturated rings. The first-order valence-corrected chi connectivity index (χ1v) is 6.19. The molecule has 3 heteroatoms. The van der Waals surface area contributed by atoms with Crippen molar-refractivity contribution in [3.63, 3.8) is 0 Å². The Morgan fingerprint density at radius 3 is 2.69 bits per heavy atom. The van der Waals surface area contributed by atoms with Crippen LogP contribution in [0.15, 0.2) is 12.5 Å². The SMILES string of the molecule is CC(Cn1cncc1C1CNC1)C(C)(C)C. The summed E-state index contributed by atoms with van der Waals surface area (Å²) in [7, 11) is 0. The van der Waals surface area contributed by atoms with Crippen molar-refractivity contribution in [2.45, 2.75) is 40.2 Å². The molecule has 2 heterocycles. The van der Waals surface area contributed by atoms with E-state index in [1.165, 1.54) is 5.69 Å². The number of hydrogen-bond acceptors (Lipinski definition) is 2. The maximum absolute atomic E-state index is 4.30. The van der Waals surface area contributed by atoms with Crippen molar-refractivity contribution < 1.29 is 0 Å². The van der Waals surface area contributed by atoms with E-state index in [-0.39, 0.29) is 0 Å². The summed E-state index contributed by atoms with van der Waals surface area (Å²) in [5.74, 6) is 1.34. The molecule has 1 aromatic rings. The fourth-order valence-corrected chi connectivity index (χ4v) is 1.89. The molecular formula is C13H23N3. The molecule has 16 heavy (non-hydrogen) atoms. The van der Waals surface area contributed by atoms with Crippen LogP contribution in [0.25, 0.3) is 0 Å². The van der Waals surface area contributed by atoms with Gasteiger partial charge in [-0.3, -0.25) is 0 Å². The normalized spacial score (nSPS) is 19.5. The molecule has 0 radical (unpaired) electrons. The average Bonchev–Trinajstić information content (AvgIpc) is 2.48. The Morgan fingerprint density at radius 1 is 1.50 bits per heavy atom. The van der Waals surface area contributed by atoms with E-state index in [1.54, 1.807) is 0 Å². The van der Waals surface area contributed by atoms with Gasteiger partial charge in [-0.1, -0.05) is 27.7 Å². The van der Waals surface area contributed by atoms with Crippen LogP contribution in [0.4, 0.5) is 0 Å². The Bertz CT molecular complexity index is 344. The van der Waals surface area contributed by atoms with Gasteiger partial charge < -0.3 is 9.88 Å². The number of nitrogens with one attached hydrogen (secondary N) is 1. The van der Waals surface area contributed by atoms with Crippen LogP contribution >= 0.6 is 0 Å². The fraction of sp³-hybridized carbons (Fsp3) is 0.769. The van der Waals surface area contributed by atoms with Gasteiger partial charge in [0.2, 0.25) is 0 Å². The van der Waals surface area contributed by atoms with E-state index < -0.39 is 0 Å². The Hall–Kier alpha value is -0.830. The molecule has 1 aromatic heterocycles. The third kappa shape index (κ3) is 2.29. The van der Waals surface area contributed by atoms with Crippen molar-refractivity contribution in [2.24, 2.45) is 11.3 Å². The first-order valence-electron chi connectivity index (χ1n) is 6.19. The molecule has 1 atom stereocenters. The number of aromatic nitrogens is 2. The lowest BCUT2D eigenvalue weighted by Gasteiger charge is -2.31. The lowest BCUT2D eigenvalue weighted by Crippen LogP contribution is -2.41. The average molecular weight is 221 g/mol. The number of nitrogens with zero attached hydrogens (tertiary/aromatic N) is 2. The molecule has 1 N–H and O–H groups in total. The smallest absolute Gasteiger partial charge is 0.0948 e. The second kappa shape index (κ2) is 4.21. The second-order valence-corrected chi connectivity index (χ2v) is 6.09. The highest BCUT2D eigenvalue weighted by Gasteiger charge is 2.25. The molecular weight excluding hydrogens is 198 g/mol. The van der Waals surface area contributed by atoms with Gasteiger partial charge in [0.25, 0.3) is 0 Å². The Kier molecular flexibility index (Phi) is 3.06. The lowest BCUT2D eigenvalue weighted by atomic mass is 9.82. The summed E-state index contributed by atoms with van der Waals surface area (Å²) in [6.45, 7) is 12.5. The lowest BCUT2D eigenvalue weighted by molar-refractivity contribution is 0.228. The van der Waals surface area contributed by atoms with E-state index in [0.29, 0.717) is 17.3 Å². The summed E-state index contributed by atoms with van der Waals surface area (Å²) in [5.41, 5.74) is 1.76. The molecule has 2 rings (SSSR count). The van der Waals surface area contributed by atoms with Gasteiger partial charge in [-0.15, -0.1) is 0 Å². The highest BCUT2D eigenvalue weighted by Crippen LogP contribution is 2.28. The molecule has 0 spiro atoms. The molecule has 1 unspecified atom stereocenters. The summed E-state index contributed by atoms with van der Waals surface area (Å²) >= 11 is 0. The van der Waals surface area contributed by atoms with Crippen LogP contribution in [-0.2, 0) is 6.54 Å². The van der Waals surface area contributed by atoms with Crippen LogP contribution in [0.2, 0.25) is 0 Å². The minimum atomic E-state index is 0.361. The Morgan fingerprint density at radius 2 is 2.19 bits per heavy atom. The van der Waals surface area contributed by atoms with Gasteiger partial charge in [0.05, 0.1) is 6.33 Å². The van der Waals surface area contributed by atoms with Crippen LogP contribution in [-0.4, -0.2) is 22.6 Å². The van der Waals surface area contributed by atoms with E-state index in [0.717, 1.165) is 19.6 Å². The Labute approximate surface area is 98.3 Å². The molecule has 3 nitrogen and oxygen atoms in total. The maximum atomic E-state index is 4.30. The van der Waals surface area contributed by atoms with Crippen molar-refractivity contribution in [1.82, 2.24) is 14.9 Å². The summed E-state index contributed by atoms with van der Waals surface area (Å²) in [6, 6.07) is 0. The van der Waals surface area contributed by atoms with Crippen molar-refractivity contribution in [1.29, 1.82) is 0 Å². The maximum Gasteiger partial charge on any atom is 0.0948 e. The van der Waals surface area contributed by atoms with E-state index >= 15 is 0 Å². The van der Waals surface area contributed by atoms with E-state index in [9.17, 15) is 0 Å². The molecule has 1 aliphatic rings. The first kappa shape index (κ1) is 11.6.